The largest absolute Gasteiger partial charge is 0.493 e. The predicted octanol–water partition coefficient (Wildman–Crippen LogP) is 2.75. The van der Waals surface area contributed by atoms with Gasteiger partial charge in [0.2, 0.25) is 0 Å². The lowest BCUT2D eigenvalue weighted by molar-refractivity contribution is 0.0933. The van der Waals surface area contributed by atoms with E-state index in [4.69, 9.17) is 9.15 Å². The Balaban J connectivity index is 1.57. The van der Waals surface area contributed by atoms with E-state index < -0.39 is 11.5 Å². The molecule has 2 aromatic rings. The van der Waals surface area contributed by atoms with Gasteiger partial charge in [-0.05, 0) is 51.7 Å². The Labute approximate surface area is 175 Å². The van der Waals surface area contributed by atoms with Crippen LogP contribution in [-0.2, 0) is 0 Å². The van der Waals surface area contributed by atoms with E-state index in [0.29, 0.717) is 36.4 Å². The summed E-state index contributed by atoms with van der Waals surface area (Å²) in [5.41, 5.74) is -0.675. The van der Waals surface area contributed by atoms with Crippen LogP contribution < -0.4 is 21.0 Å². The fraction of sp³-hybridized carbons (Fsp3) is 0.500. The van der Waals surface area contributed by atoms with Crippen molar-refractivity contribution < 1.29 is 18.7 Å². The van der Waals surface area contributed by atoms with Crippen molar-refractivity contribution in [3.05, 3.63) is 40.2 Å². The Bertz CT molecular complexity index is 984. The maximum atomic E-state index is 12.6. The van der Waals surface area contributed by atoms with Crippen molar-refractivity contribution in [1.82, 2.24) is 15.5 Å². The average Bonchev–Trinajstić information content (AvgIpc) is 2.70. The van der Waals surface area contributed by atoms with Crippen LogP contribution in [-0.4, -0.2) is 49.1 Å². The fourth-order valence-electron chi connectivity index (χ4n) is 3.51. The molecule has 0 radical (unpaired) electrons. The lowest BCUT2D eigenvalue weighted by Crippen LogP contribution is -2.51. The highest BCUT2D eigenvalue weighted by Crippen LogP contribution is 2.24. The molecule has 0 saturated carbocycles. The second-order valence-corrected chi connectivity index (χ2v) is 8.65. The molecule has 0 aliphatic carbocycles. The molecule has 0 spiro atoms. The molecule has 3 rings (SSSR count). The number of carbonyl (C=O) groups excluding carboxylic acids is 2. The first-order valence-electron chi connectivity index (χ1n) is 10.1. The summed E-state index contributed by atoms with van der Waals surface area (Å²) >= 11 is 0. The number of fused-ring (bicyclic) bond motifs is 1. The van der Waals surface area contributed by atoms with Crippen LogP contribution in [0.4, 0.5) is 4.79 Å². The number of rotatable bonds is 4. The average molecular weight is 415 g/mol. The summed E-state index contributed by atoms with van der Waals surface area (Å²) in [5, 5.41) is 6.43. The molecule has 162 valence electrons. The maximum Gasteiger partial charge on any atom is 0.349 e. The van der Waals surface area contributed by atoms with Gasteiger partial charge in [0, 0.05) is 30.6 Å². The van der Waals surface area contributed by atoms with Gasteiger partial charge < -0.3 is 24.7 Å². The molecule has 0 bridgehead atoms. The van der Waals surface area contributed by atoms with Crippen molar-refractivity contribution in [2.24, 2.45) is 5.92 Å². The molecular formula is C22H29N3O5. The van der Waals surface area contributed by atoms with Gasteiger partial charge in [0.15, 0.2) is 11.3 Å². The number of methoxy groups -OCH3 is 1. The number of urea groups is 1. The predicted molar refractivity (Wildman–Crippen MR) is 114 cm³/mol. The van der Waals surface area contributed by atoms with Gasteiger partial charge in [-0.1, -0.05) is 12.1 Å². The van der Waals surface area contributed by atoms with E-state index in [9.17, 15) is 14.4 Å². The summed E-state index contributed by atoms with van der Waals surface area (Å²) in [6.07, 6.45) is 1.59. The summed E-state index contributed by atoms with van der Waals surface area (Å²) in [4.78, 5) is 38.9. The molecule has 0 atom stereocenters. The van der Waals surface area contributed by atoms with Gasteiger partial charge >= 0.3 is 11.7 Å². The van der Waals surface area contributed by atoms with Gasteiger partial charge in [-0.25, -0.2) is 9.59 Å². The zero-order valence-corrected chi connectivity index (χ0v) is 17.9. The van der Waals surface area contributed by atoms with Crippen molar-refractivity contribution >= 4 is 22.9 Å². The van der Waals surface area contributed by atoms with E-state index in [0.717, 1.165) is 12.8 Å². The molecule has 1 fully saturated rings. The monoisotopic (exact) mass is 415 g/mol. The number of amides is 3. The van der Waals surface area contributed by atoms with Crippen molar-refractivity contribution in [3.8, 4) is 5.75 Å². The Hall–Kier alpha value is -3.03. The van der Waals surface area contributed by atoms with Crippen molar-refractivity contribution in [1.29, 1.82) is 0 Å². The van der Waals surface area contributed by atoms with Gasteiger partial charge in [-0.2, -0.15) is 0 Å². The normalized spacial score (nSPS) is 15.1. The molecule has 2 N–H and O–H groups in total. The highest BCUT2D eigenvalue weighted by Gasteiger charge is 2.26. The second-order valence-electron chi connectivity index (χ2n) is 8.65. The molecular weight excluding hydrogens is 386 g/mol. The van der Waals surface area contributed by atoms with Gasteiger partial charge in [0.1, 0.15) is 5.56 Å². The molecule has 1 aliphatic heterocycles. The van der Waals surface area contributed by atoms with Gasteiger partial charge in [0.05, 0.1) is 7.11 Å². The molecule has 1 aromatic carbocycles. The zero-order chi connectivity index (χ0) is 21.9. The van der Waals surface area contributed by atoms with E-state index in [1.807, 2.05) is 20.8 Å². The number of hydrogen-bond acceptors (Lipinski definition) is 5. The van der Waals surface area contributed by atoms with Gasteiger partial charge in [-0.3, -0.25) is 4.79 Å². The number of likely N-dealkylation sites (tertiary alicyclic amines) is 1. The topological polar surface area (TPSA) is 101 Å². The van der Waals surface area contributed by atoms with Gasteiger partial charge in [-0.15, -0.1) is 0 Å². The summed E-state index contributed by atoms with van der Waals surface area (Å²) in [6.45, 7) is 7.58. The smallest absolute Gasteiger partial charge is 0.349 e. The minimum atomic E-state index is -0.696. The molecule has 1 saturated heterocycles. The molecule has 1 aromatic heterocycles. The number of ether oxygens (including phenoxy) is 1. The summed E-state index contributed by atoms with van der Waals surface area (Å²) in [7, 11) is 1.49. The lowest BCUT2D eigenvalue weighted by atomic mass is 9.96. The first-order chi connectivity index (χ1) is 14.2. The number of carbonyl (C=O) groups is 2. The minimum Gasteiger partial charge on any atom is -0.493 e. The van der Waals surface area contributed by atoms with Crippen LogP contribution in [0.1, 0.15) is 44.0 Å². The molecule has 30 heavy (non-hydrogen) atoms. The van der Waals surface area contributed by atoms with E-state index in [2.05, 4.69) is 10.6 Å². The quantitative estimate of drug-likeness (QED) is 0.748. The third-order valence-corrected chi connectivity index (χ3v) is 5.12. The van der Waals surface area contributed by atoms with Gasteiger partial charge in [0.25, 0.3) is 5.91 Å². The number of para-hydroxylation sites is 1. The SMILES string of the molecule is COc1cccc2cc(C(=O)NCC3CCN(C(=O)NC(C)(C)C)CC3)c(=O)oc12. The van der Waals surface area contributed by atoms with E-state index in [1.54, 1.807) is 23.1 Å². The Morgan fingerprint density at radius 2 is 1.93 bits per heavy atom. The molecule has 8 nitrogen and oxygen atoms in total. The number of nitrogens with one attached hydrogen (secondary N) is 2. The highest BCUT2D eigenvalue weighted by atomic mass is 16.5. The van der Waals surface area contributed by atoms with Crippen LogP contribution in [0.3, 0.4) is 0 Å². The molecule has 2 heterocycles. The first kappa shape index (κ1) is 21.7. The maximum absolute atomic E-state index is 12.6. The molecule has 3 amide bonds. The highest BCUT2D eigenvalue weighted by molar-refractivity contribution is 5.97. The number of piperidine rings is 1. The molecule has 8 heteroatoms. The fourth-order valence-corrected chi connectivity index (χ4v) is 3.51. The number of benzene rings is 1. The van der Waals surface area contributed by atoms with Crippen LogP contribution >= 0.6 is 0 Å². The van der Waals surface area contributed by atoms with Crippen molar-refractivity contribution in [3.63, 3.8) is 0 Å². The first-order valence-corrected chi connectivity index (χ1v) is 10.1. The van der Waals surface area contributed by atoms with E-state index in [-0.39, 0.29) is 23.1 Å². The number of nitrogens with zero attached hydrogens (tertiary/aromatic N) is 1. The van der Waals surface area contributed by atoms with Crippen LogP contribution in [0.2, 0.25) is 0 Å². The molecule has 0 unspecified atom stereocenters. The summed E-state index contributed by atoms with van der Waals surface area (Å²) in [5.74, 6) is 0.236. The van der Waals surface area contributed by atoms with Crippen LogP contribution in [0.15, 0.2) is 33.5 Å². The Kier molecular flexibility index (Phi) is 6.34. The number of hydrogen-bond donors (Lipinski definition) is 2. The molecule has 1 aliphatic rings. The zero-order valence-electron chi connectivity index (χ0n) is 17.9. The van der Waals surface area contributed by atoms with Crippen LogP contribution in [0.25, 0.3) is 11.0 Å². The van der Waals surface area contributed by atoms with Crippen molar-refractivity contribution in [2.75, 3.05) is 26.7 Å². The lowest BCUT2D eigenvalue weighted by Gasteiger charge is -2.34. The third kappa shape index (κ3) is 5.11. The standard InChI is InChI=1S/C22H29N3O5/c1-22(2,3)24-21(28)25-10-8-14(9-11-25)13-23-19(26)16-12-15-6-5-7-17(29-4)18(15)30-20(16)27/h5-7,12,14H,8-11,13H2,1-4H3,(H,23,26)(H,24,28). The Morgan fingerprint density at radius 1 is 1.23 bits per heavy atom. The Morgan fingerprint density at radius 3 is 2.57 bits per heavy atom. The van der Waals surface area contributed by atoms with E-state index in [1.165, 1.54) is 13.2 Å². The second kappa shape index (κ2) is 8.77. The summed E-state index contributed by atoms with van der Waals surface area (Å²) < 4.78 is 10.5. The minimum absolute atomic E-state index is 0.0299. The van der Waals surface area contributed by atoms with Crippen LogP contribution in [0, 0.1) is 5.92 Å². The van der Waals surface area contributed by atoms with Crippen LogP contribution in [0.5, 0.6) is 5.75 Å². The van der Waals surface area contributed by atoms with Crippen molar-refractivity contribution in [2.45, 2.75) is 39.2 Å². The van der Waals surface area contributed by atoms with E-state index >= 15 is 0 Å². The summed E-state index contributed by atoms with van der Waals surface area (Å²) in [6, 6.07) is 6.69. The third-order valence-electron chi connectivity index (χ3n) is 5.12.